The lowest BCUT2D eigenvalue weighted by molar-refractivity contribution is 0.181. The molecule has 0 spiro atoms. The molecule has 0 amide bonds. The summed E-state index contributed by atoms with van der Waals surface area (Å²) >= 11 is 0. The van der Waals surface area contributed by atoms with Gasteiger partial charge in [-0.3, -0.25) is 0 Å². The van der Waals surface area contributed by atoms with Gasteiger partial charge in [0.15, 0.2) is 0 Å². The predicted octanol–water partition coefficient (Wildman–Crippen LogP) is 1.68. The van der Waals surface area contributed by atoms with E-state index >= 15 is 0 Å². The van der Waals surface area contributed by atoms with Crippen molar-refractivity contribution in [1.82, 2.24) is 4.90 Å². The topological polar surface area (TPSA) is 37.4 Å². The van der Waals surface area contributed by atoms with Crippen molar-refractivity contribution >= 4 is 19.7 Å². The Labute approximate surface area is 90.8 Å². The second-order valence-corrected chi connectivity index (χ2v) is 6.96. The average molecular weight is 240 g/mol. The van der Waals surface area contributed by atoms with E-state index in [1.165, 1.54) is 0 Å². The van der Waals surface area contributed by atoms with Gasteiger partial charge in [-0.05, 0) is 38.8 Å². The van der Waals surface area contributed by atoms with Crippen LogP contribution in [0.3, 0.4) is 0 Å². The first kappa shape index (κ1) is 12.3. The molecule has 0 bridgehead atoms. The molecule has 0 aromatic rings. The number of piperidine rings is 1. The van der Waals surface area contributed by atoms with Crippen molar-refractivity contribution < 1.29 is 8.42 Å². The number of nitrogens with zero attached hydrogens (tertiary/aromatic N) is 1. The van der Waals surface area contributed by atoms with Crippen LogP contribution in [0.4, 0.5) is 0 Å². The van der Waals surface area contributed by atoms with E-state index in [1.54, 1.807) is 6.92 Å². The lowest BCUT2D eigenvalue weighted by Crippen LogP contribution is -2.40. The molecule has 3 nitrogen and oxygen atoms in total. The van der Waals surface area contributed by atoms with Crippen LogP contribution in [0.25, 0.3) is 0 Å². The maximum Gasteiger partial charge on any atom is 0.235 e. The SMILES string of the molecule is CCN1CCCC(C(C)S(=O)(=O)Cl)C1. The highest BCUT2D eigenvalue weighted by molar-refractivity contribution is 8.14. The molecule has 0 N–H and O–H groups in total. The van der Waals surface area contributed by atoms with Crippen LogP contribution in [0.2, 0.25) is 0 Å². The second-order valence-electron chi connectivity index (χ2n) is 3.98. The Bertz CT molecular complexity index is 279. The fourth-order valence-corrected chi connectivity index (χ4v) is 3.11. The molecule has 2 unspecified atom stereocenters. The molecular formula is C9H18ClNO2S. The molecule has 1 fully saturated rings. The van der Waals surface area contributed by atoms with Crippen molar-refractivity contribution in [2.45, 2.75) is 31.9 Å². The molecule has 1 aliphatic heterocycles. The number of hydrogen-bond acceptors (Lipinski definition) is 3. The molecule has 0 aliphatic carbocycles. The molecule has 5 heteroatoms. The van der Waals surface area contributed by atoms with E-state index in [4.69, 9.17) is 10.7 Å². The van der Waals surface area contributed by atoms with Crippen LogP contribution in [0.15, 0.2) is 0 Å². The molecule has 14 heavy (non-hydrogen) atoms. The van der Waals surface area contributed by atoms with Crippen molar-refractivity contribution in [2.24, 2.45) is 5.92 Å². The Hall–Kier alpha value is 0.200. The Kier molecular flexibility index (Phi) is 4.22. The van der Waals surface area contributed by atoms with Crippen LogP contribution < -0.4 is 0 Å². The minimum Gasteiger partial charge on any atom is -0.303 e. The standard InChI is InChI=1S/C9H18ClNO2S/c1-3-11-6-4-5-9(7-11)8(2)14(10,12)13/h8-9H,3-7H2,1-2H3. The van der Waals surface area contributed by atoms with Gasteiger partial charge in [-0.2, -0.15) is 0 Å². The van der Waals surface area contributed by atoms with E-state index < -0.39 is 14.3 Å². The van der Waals surface area contributed by atoms with Crippen LogP contribution >= 0.6 is 10.7 Å². The lowest BCUT2D eigenvalue weighted by Gasteiger charge is -2.33. The maximum atomic E-state index is 11.2. The largest absolute Gasteiger partial charge is 0.303 e. The molecule has 1 aliphatic rings. The van der Waals surface area contributed by atoms with E-state index in [-0.39, 0.29) is 5.92 Å². The normalized spacial score (nSPS) is 27.5. The number of hydrogen-bond donors (Lipinski definition) is 0. The quantitative estimate of drug-likeness (QED) is 0.704. The highest BCUT2D eigenvalue weighted by atomic mass is 35.7. The first-order valence-electron chi connectivity index (χ1n) is 5.11. The highest BCUT2D eigenvalue weighted by Crippen LogP contribution is 2.25. The van der Waals surface area contributed by atoms with Crippen molar-refractivity contribution in [3.63, 3.8) is 0 Å². The fourth-order valence-electron chi connectivity index (χ4n) is 1.99. The molecule has 0 aromatic carbocycles. The summed E-state index contributed by atoms with van der Waals surface area (Å²) in [6, 6.07) is 0. The van der Waals surface area contributed by atoms with Gasteiger partial charge in [-0.1, -0.05) is 6.92 Å². The van der Waals surface area contributed by atoms with E-state index in [0.717, 1.165) is 32.5 Å². The van der Waals surface area contributed by atoms with Crippen LogP contribution in [-0.4, -0.2) is 38.2 Å². The Balaban J connectivity index is 2.60. The third kappa shape index (κ3) is 3.11. The van der Waals surface area contributed by atoms with Crippen molar-refractivity contribution in [3.05, 3.63) is 0 Å². The molecule has 1 saturated heterocycles. The first-order valence-corrected chi connectivity index (χ1v) is 7.48. The molecule has 0 radical (unpaired) electrons. The smallest absolute Gasteiger partial charge is 0.235 e. The Morgan fingerprint density at radius 3 is 2.71 bits per heavy atom. The van der Waals surface area contributed by atoms with E-state index in [1.807, 2.05) is 0 Å². The van der Waals surface area contributed by atoms with Gasteiger partial charge >= 0.3 is 0 Å². The van der Waals surface area contributed by atoms with Gasteiger partial charge in [0.2, 0.25) is 9.05 Å². The third-order valence-electron chi connectivity index (χ3n) is 3.10. The summed E-state index contributed by atoms with van der Waals surface area (Å²) in [6.07, 6.45) is 2.05. The fraction of sp³-hybridized carbons (Fsp3) is 1.00. The van der Waals surface area contributed by atoms with Gasteiger partial charge < -0.3 is 4.90 Å². The van der Waals surface area contributed by atoms with E-state index in [2.05, 4.69) is 11.8 Å². The van der Waals surface area contributed by atoms with Crippen molar-refractivity contribution in [1.29, 1.82) is 0 Å². The Morgan fingerprint density at radius 1 is 1.57 bits per heavy atom. The third-order valence-corrected chi connectivity index (χ3v) is 5.21. The number of rotatable bonds is 3. The molecule has 1 rings (SSSR count). The minimum absolute atomic E-state index is 0.200. The summed E-state index contributed by atoms with van der Waals surface area (Å²) in [5.41, 5.74) is 0. The second kappa shape index (κ2) is 4.81. The van der Waals surface area contributed by atoms with Gasteiger partial charge in [0.25, 0.3) is 0 Å². The zero-order valence-corrected chi connectivity index (χ0v) is 10.3. The van der Waals surface area contributed by atoms with Gasteiger partial charge in [0.05, 0.1) is 5.25 Å². The zero-order chi connectivity index (χ0) is 10.8. The zero-order valence-electron chi connectivity index (χ0n) is 8.74. The first-order chi connectivity index (χ1) is 6.45. The summed E-state index contributed by atoms with van der Waals surface area (Å²) in [6.45, 7) is 6.76. The van der Waals surface area contributed by atoms with Crippen LogP contribution in [0.1, 0.15) is 26.7 Å². The van der Waals surface area contributed by atoms with Crippen LogP contribution in [-0.2, 0) is 9.05 Å². The van der Waals surface area contributed by atoms with Gasteiger partial charge in [-0.15, -0.1) is 0 Å². The Morgan fingerprint density at radius 2 is 2.21 bits per heavy atom. The molecule has 0 aromatic heterocycles. The summed E-state index contributed by atoms with van der Waals surface area (Å²) in [5.74, 6) is 0.200. The average Bonchev–Trinajstić information content (AvgIpc) is 2.15. The molecule has 0 saturated carbocycles. The number of likely N-dealkylation sites (tertiary alicyclic amines) is 1. The lowest BCUT2D eigenvalue weighted by atomic mass is 9.95. The van der Waals surface area contributed by atoms with Crippen LogP contribution in [0.5, 0.6) is 0 Å². The van der Waals surface area contributed by atoms with Crippen molar-refractivity contribution in [3.8, 4) is 0 Å². The maximum absolute atomic E-state index is 11.2. The summed E-state index contributed by atoms with van der Waals surface area (Å²) in [5, 5.41) is -0.418. The van der Waals surface area contributed by atoms with E-state index in [9.17, 15) is 8.42 Å². The summed E-state index contributed by atoms with van der Waals surface area (Å²) in [4.78, 5) is 2.28. The molecule has 84 valence electrons. The molecule has 1 heterocycles. The molecule has 2 atom stereocenters. The predicted molar refractivity (Wildman–Crippen MR) is 59.1 cm³/mol. The minimum atomic E-state index is -3.39. The van der Waals surface area contributed by atoms with E-state index in [0.29, 0.717) is 0 Å². The van der Waals surface area contributed by atoms with Gasteiger partial charge in [0, 0.05) is 17.2 Å². The van der Waals surface area contributed by atoms with Gasteiger partial charge in [-0.25, -0.2) is 8.42 Å². The van der Waals surface area contributed by atoms with Crippen molar-refractivity contribution in [2.75, 3.05) is 19.6 Å². The monoisotopic (exact) mass is 239 g/mol. The highest BCUT2D eigenvalue weighted by Gasteiger charge is 2.30. The molecular weight excluding hydrogens is 222 g/mol. The summed E-state index contributed by atoms with van der Waals surface area (Å²) < 4.78 is 22.3. The van der Waals surface area contributed by atoms with Crippen LogP contribution in [0, 0.1) is 5.92 Å². The summed E-state index contributed by atoms with van der Waals surface area (Å²) in [7, 11) is 1.97. The van der Waals surface area contributed by atoms with Gasteiger partial charge in [0.1, 0.15) is 0 Å². The number of halogens is 1.